The Bertz CT molecular complexity index is 1420. The van der Waals surface area contributed by atoms with Crippen LogP contribution in [0.3, 0.4) is 0 Å². The zero-order valence-corrected chi connectivity index (χ0v) is 15.6. The molecule has 146 valence electrons. The predicted molar refractivity (Wildman–Crippen MR) is 110 cm³/mol. The molecule has 0 unspecified atom stereocenters. The van der Waals surface area contributed by atoms with Gasteiger partial charge in [0.15, 0.2) is 0 Å². The van der Waals surface area contributed by atoms with Crippen LogP contribution in [0.25, 0.3) is 21.5 Å². The highest BCUT2D eigenvalue weighted by atomic mass is 32.2. The lowest BCUT2D eigenvalue weighted by Crippen LogP contribution is -2.00. The molecule has 4 rings (SSSR count). The molecule has 0 atom stereocenters. The molecule has 0 heterocycles. The van der Waals surface area contributed by atoms with E-state index >= 15 is 0 Å². The van der Waals surface area contributed by atoms with Gasteiger partial charge >= 0.3 is 0 Å². The average molecular weight is 409 g/mol. The topological polar surface area (TPSA) is 146 Å². The van der Waals surface area contributed by atoms with E-state index in [2.05, 4.69) is 10.2 Å². The number of azo groups is 1. The summed E-state index contributed by atoms with van der Waals surface area (Å²) in [4.78, 5) is -0.496. The van der Waals surface area contributed by atoms with Gasteiger partial charge in [0.1, 0.15) is 27.8 Å². The number of benzene rings is 4. The van der Waals surface area contributed by atoms with Gasteiger partial charge in [-0.2, -0.15) is 8.42 Å². The van der Waals surface area contributed by atoms with Crippen LogP contribution in [0.15, 0.2) is 75.8 Å². The summed E-state index contributed by atoms with van der Waals surface area (Å²) in [7, 11) is -4.62. The van der Waals surface area contributed by atoms with Crippen molar-refractivity contribution < 1.29 is 23.2 Å². The second-order valence-corrected chi connectivity index (χ2v) is 7.77. The predicted octanol–water partition coefficient (Wildman–Crippen LogP) is 4.65. The number of anilines is 1. The van der Waals surface area contributed by atoms with Gasteiger partial charge in [0.05, 0.1) is 0 Å². The molecule has 0 radical (unpaired) electrons. The Hall–Kier alpha value is -3.69. The Morgan fingerprint density at radius 3 is 2.17 bits per heavy atom. The molecule has 8 nitrogen and oxygen atoms in total. The number of hydrogen-bond acceptors (Lipinski definition) is 7. The Balaban J connectivity index is 1.97. The molecule has 4 aromatic carbocycles. The van der Waals surface area contributed by atoms with Crippen molar-refractivity contribution in [1.29, 1.82) is 0 Å². The van der Waals surface area contributed by atoms with Crippen molar-refractivity contribution in [2.24, 2.45) is 10.2 Å². The van der Waals surface area contributed by atoms with Crippen molar-refractivity contribution in [1.82, 2.24) is 0 Å². The van der Waals surface area contributed by atoms with E-state index < -0.39 is 20.8 Å². The lowest BCUT2D eigenvalue weighted by atomic mass is 10.1. The van der Waals surface area contributed by atoms with E-state index in [-0.39, 0.29) is 33.6 Å². The first-order chi connectivity index (χ1) is 13.8. The molecular weight excluding hydrogens is 394 g/mol. The van der Waals surface area contributed by atoms with Crippen LogP contribution in [0.1, 0.15) is 0 Å². The van der Waals surface area contributed by atoms with Crippen LogP contribution in [0, 0.1) is 0 Å². The van der Waals surface area contributed by atoms with Gasteiger partial charge in [0.2, 0.25) is 0 Å². The number of nitrogen functional groups attached to an aromatic ring is 1. The molecule has 0 saturated heterocycles. The third-order valence-corrected chi connectivity index (χ3v) is 5.38. The minimum Gasteiger partial charge on any atom is -0.506 e. The van der Waals surface area contributed by atoms with E-state index in [1.807, 2.05) is 12.1 Å². The third kappa shape index (κ3) is 3.33. The molecule has 4 aromatic rings. The molecule has 9 heteroatoms. The summed E-state index contributed by atoms with van der Waals surface area (Å²) in [5, 5.41) is 30.5. The average Bonchev–Trinajstić information content (AvgIpc) is 2.67. The smallest absolute Gasteiger partial charge is 0.295 e. The summed E-state index contributed by atoms with van der Waals surface area (Å²) in [6.07, 6.45) is 0. The van der Waals surface area contributed by atoms with Crippen molar-refractivity contribution in [3.05, 3.63) is 60.7 Å². The third-order valence-electron chi connectivity index (χ3n) is 4.48. The van der Waals surface area contributed by atoms with Gasteiger partial charge in [-0.15, -0.1) is 10.2 Å². The zero-order valence-electron chi connectivity index (χ0n) is 14.8. The SMILES string of the molecule is Nc1ccc2c(/N=N/c3c(O)ccc4ccccc34)c(O)cc(S(=O)(=O)O)c2c1. The number of nitrogens with two attached hydrogens (primary N) is 1. The van der Waals surface area contributed by atoms with E-state index in [9.17, 15) is 23.2 Å². The van der Waals surface area contributed by atoms with Crippen LogP contribution in [0.2, 0.25) is 0 Å². The largest absolute Gasteiger partial charge is 0.506 e. The first-order valence-corrected chi connectivity index (χ1v) is 9.85. The minimum atomic E-state index is -4.62. The van der Waals surface area contributed by atoms with Crippen molar-refractivity contribution in [3.8, 4) is 11.5 Å². The molecule has 0 aromatic heterocycles. The van der Waals surface area contributed by atoms with E-state index in [1.165, 1.54) is 24.3 Å². The molecule has 5 N–H and O–H groups in total. The quantitative estimate of drug-likeness (QED) is 0.220. The molecule has 0 aliphatic heterocycles. The fourth-order valence-electron chi connectivity index (χ4n) is 3.15. The van der Waals surface area contributed by atoms with Crippen LogP contribution in [-0.2, 0) is 10.1 Å². The fraction of sp³-hybridized carbons (Fsp3) is 0. The first kappa shape index (κ1) is 18.7. The number of rotatable bonds is 3. The van der Waals surface area contributed by atoms with Gasteiger partial charge in [-0.1, -0.05) is 30.3 Å². The van der Waals surface area contributed by atoms with Crippen LogP contribution in [0.4, 0.5) is 17.1 Å². The molecular formula is C20H15N3O5S. The van der Waals surface area contributed by atoms with Crippen molar-refractivity contribution in [2.75, 3.05) is 5.73 Å². The molecule has 0 saturated carbocycles. The monoisotopic (exact) mass is 409 g/mol. The van der Waals surface area contributed by atoms with Gasteiger partial charge in [0.25, 0.3) is 10.1 Å². The highest BCUT2D eigenvalue weighted by Gasteiger charge is 2.20. The minimum absolute atomic E-state index is 0.0280. The summed E-state index contributed by atoms with van der Waals surface area (Å²) in [5.41, 5.74) is 6.18. The van der Waals surface area contributed by atoms with Crippen molar-refractivity contribution in [3.63, 3.8) is 0 Å². The summed E-state index contributed by atoms with van der Waals surface area (Å²) in [6, 6.07) is 15.7. The Morgan fingerprint density at radius 2 is 1.45 bits per heavy atom. The fourth-order valence-corrected chi connectivity index (χ4v) is 3.86. The lowest BCUT2D eigenvalue weighted by molar-refractivity contribution is 0.468. The molecule has 0 aliphatic carbocycles. The second-order valence-electron chi connectivity index (χ2n) is 6.38. The van der Waals surface area contributed by atoms with Gasteiger partial charge in [0, 0.05) is 27.9 Å². The molecule has 0 aliphatic rings. The van der Waals surface area contributed by atoms with Crippen LogP contribution >= 0.6 is 0 Å². The van der Waals surface area contributed by atoms with Gasteiger partial charge in [-0.3, -0.25) is 4.55 Å². The van der Waals surface area contributed by atoms with Crippen LogP contribution in [-0.4, -0.2) is 23.2 Å². The summed E-state index contributed by atoms with van der Waals surface area (Å²) >= 11 is 0. The van der Waals surface area contributed by atoms with Crippen LogP contribution in [0.5, 0.6) is 11.5 Å². The zero-order chi connectivity index (χ0) is 20.8. The lowest BCUT2D eigenvalue weighted by Gasteiger charge is -2.10. The number of aromatic hydroxyl groups is 2. The molecule has 0 bridgehead atoms. The summed E-state index contributed by atoms with van der Waals surface area (Å²) < 4.78 is 32.9. The van der Waals surface area contributed by atoms with E-state index in [4.69, 9.17) is 5.73 Å². The molecule has 29 heavy (non-hydrogen) atoms. The Kier molecular flexibility index (Phi) is 4.33. The number of nitrogens with zero attached hydrogens (tertiary/aromatic N) is 2. The van der Waals surface area contributed by atoms with Crippen LogP contribution < -0.4 is 5.73 Å². The first-order valence-electron chi connectivity index (χ1n) is 8.41. The van der Waals surface area contributed by atoms with Crippen molar-refractivity contribution in [2.45, 2.75) is 4.90 Å². The Morgan fingerprint density at radius 1 is 0.759 bits per heavy atom. The van der Waals surface area contributed by atoms with E-state index in [0.717, 1.165) is 11.5 Å². The number of phenolic OH excluding ortho intramolecular Hbond substituents is 2. The normalized spacial score (nSPS) is 12.2. The summed E-state index contributed by atoms with van der Waals surface area (Å²) in [5.74, 6) is -0.603. The van der Waals surface area contributed by atoms with E-state index in [0.29, 0.717) is 5.39 Å². The maximum Gasteiger partial charge on any atom is 0.295 e. The van der Waals surface area contributed by atoms with Crippen molar-refractivity contribution >= 4 is 48.7 Å². The number of phenols is 2. The standard InChI is InChI=1S/C20H15N3O5S/c21-12-6-7-14-15(9-12)18(29(26,27)28)10-17(25)20(14)23-22-19-13-4-2-1-3-11(13)5-8-16(19)24/h1-10,24-25H,21H2,(H,26,27,28)/b23-22+. The number of fused-ring (bicyclic) bond motifs is 2. The van der Waals surface area contributed by atoms with Gasteiger partial charge < -0.3 is 15.9 Å². The highest BCUT2D eigenvalue weighted by Crippen LogP contribution is 2.42. The van der Waals surface area contributed by atoms with Gasteiger partial charge in [-0.05, 0) is 29.7 Å². The van der Waals surface area contributed by atoms with E-state index in [1.54, 1.807) is 18.2 Å². The highest BCUT2D eigenvalue weighted by molar-refractivity contribution is 7.86. The Labute approximate surface area is 165 Å². The molecule has 0 fully saturated rings. The second kappa shape index (κ2) is 6.73. The number of hydrogen-bond donors (Lipinski definition) is 4. The maximum absolute atomic E-state index is 11.7. The molecule has 0 amide bonds. The molecule has 0 spiro atoms. The summed E-state index contributed by atoms with van der Waals surface area (Å²) in [6.45, 7) is 0. The van der Waals surface area contributed by atoms with Gasteiger partial charge in [-0.25, -0.2) is 0 Å². The maximum atomic E-state index is 11.7.